The molecule has 0 saturated carbocycles. The van der Waals surface area contributed by atoms with E-state index in [0.29, 0.717) is 28.8 Å². The van der Waals surface area contributed by atoms with Crippen molar-refractivity contribution in [3.8, 4) is 11.5 Å². The van der Waals surface area contributed by atoms with Crippen LogP contribution in [-0.2, 0) is 13.6 Å². The maximum atomic E-state index is 11.0. The molecule has 0 aliphatic rings. The van der Waals surface area contributed by atoms with Crippen LogP contribution in [0.15, 0.2) is 36.4 Å². The first-order valence-electron chi connectivity index (χ1n) is 7.90. The molecule has 0 heterocycles. The molecular weight excluding hydrogens is 395 g/mol. The molecule has 2 rings (SSSR count). The highest BCUT2D eigenvalue weighted by atomic mass is 35.5. The van der Waals surface area contributed by atoms with Crippen molar-refractivity contribution in [2.75, 3.05) is 26.1 Å². The molecule has 0 aliphatic carbocycles. The second kappa shape index (κ2) is 11.6. The van der Waals surface area contributed by atoms with Crippen LogP contribution in [0, 0.1) is 17.0 Å². The Hall–Kier alpha value is -2.12. The van der Waals surface area contributed by atoms with Crippen LogP contribution >= 0.6 is 19.9 Å². The van der Waals surface area contributed by atoms with Gasteiger partial charge in [-0.1, -0.05) is 11.6 Å². The van der Waals surface area contributed by atoms with Crippen molar-refractivity contribution < 1.29 is 23.3 Å². The molecule has 0 unspecified atom stereocenters. The molecule has 2 aromatic rings. The van der Waals surface area contributed by atoms with E-state index in [2.05, 4.69) is 14.4 Å². The highest BCUT2D eigenvalue weighted by Gasteiger charge is 2.14. The van der Waals surface area contributed by atoms with E-state index in [0.717, 1.165) is 5.56 Å². The van der Waals surface area contributed by atoms with E-state index >= 15 is 0 Å². The number of hydrogen-bond acceptors (Lipinski definition) is 7. The third kappa shape index (κ3) is 7.56. The van der Waals surface area contributed by atoms with Gasteiger partial charge in [0.25, 0.3) is 5.69 Å². The Labute approximate surface area is 163 Å². The zero-order chi connectivity index (χ0) is 20.4. The summed E-state index contributed by atoms with van der Waals surface area (Å²) in [6.45, 7) is 4.35. The van der Waals surface area contributed by atoms with Crippen LogP contribution in [0.4, 0.5) is 11.4 Å². The number of nitrogens with one attached hydrogen (secondary N) is 1. The number of benzene rings is 2. The lowest BCUT2D eigenvalue weighted by Crippen LogP contribution is -2.01. The van der Waals surface area contributed by atoms with E-state index in [4.69, 9.17) is 16.3 Å². The van der Waals surface area contributed by atoms with Gasteiger partial charge in [-0.25, -0.2) is 0 Å². The quantitative estimate of drug-likeness (QED) is 0.364. The molecule has 0 atom stereocenters. The Balaban J connectivity index is 0.000000527. The summed E-state index contributed by atoms with van der Waals surface area (Å²) in [5.74, 6) is 1.19. The molecule has 0 aromatic heterocycles. The van der Waals surface area contributed by atoms with Gasteiger partial charge in [0.1, 0.15) is 17.2 Å². The fraction of sp³-hybridized carbons (Fsp3) is 0.294. The summed E-state index contributed by atoms with van der Waals surface area (Å²) in [5.41, 5.74) is 1.36. The van der Waals surface area contributed by atoms with Crippen molar-refractivity contribution in [1.29, 1.82) is 0 Å². The first kappa shape index (κ1) is 22.9. The number of nitrogens with zero attached hydrogens (tertiary/aromatic N) is 1. The minimum atomic E-state index is -2.12. The first-order valence-corrected chi connectivity index (χ1v) is 9.50. The molecule has 0 saturated heterocycles. The van der Waals surface area contributed by atoms with Crippen LogP contribution in [0.1, 0.15) is 12.5 Å². The van der Waals surface area contributed by atoms with Gasteiger partial charge in [0, 0.05) is 37.9 Å². The topological polar surface area (TPSA) is 99.9 Å². The molecular formula is C17H22ClN2O6P. The molecule has 2 aromatic carbocycles. The fourth-order valence-corrected chi connectivity index (χ4v) is 2.40. The molecule has 1 N–H and O–H groups in total. The van der Waals surface area contributed by atoms with Crippen LogP contribution in [0.25, 0.3) is 0 Å². The number of nitro benzene ring substituents is 1. The van der Waals surface area contributed by atoms with Gasteiger partial charge in [0.2, 0.25) is 0 Å². The van der Waals surface area contributed by atoms with Gasteiger partial charge >= 0.3 is 8.25 Å². The van der Waals surface area contributed by atoms with Crippen molar-refractivity contribution in [3.63, 3.8) is 0 Å². The number of halogens is 1. The van der Waals surface area contributed by atoms with E-state index in [1.54, 1.807) is 30.3 Å². The zero-order valence-electron chi connectivity index (χ0n) is 15.4. The Morgan fingerprint density at radius 1 is 1.19 bits per heavy atom. The van der Waals surface area contributed by atoms with E-state index in [9.17, 15) is 14.7 Å². The van der Waals surface area contributed by atoms with Crippen molar-refractivity contribution in [2.24, 2.45) is 0 Å². The summed E-state index contributed by atoms with van der Waals surface area (Å²) in [6.07, 6.45) is 0. The number of rotatable bonds is 7. The van der Waals surface area contributed by atoms with Gasteiger partial charge in [0.15, 0.2) is 0 Å². The van der Waals surface area contributed by atoms with E-state index in [1.165, 1.54) is 20.3 Å². The largest absolute Gasteiger partial charge is 0.457 e. The van der Waals surface area contributed by atoms with Crippen LogP contribution in [0.3, 0.4) is 0 Å². The van der Waals surface area contributed by atoms with E-state index in [1.807, 2.05) is 13.8 Å². The van der Waals surface area contributed by atoms with E-state index < -0.39 is 13.2 Å². The van der Waals surface area contributed by atoms with Gasteiger partial charge in [-0.2, -0.15) is 0 Å². The van der Waals surface area contributed by atoms with Crippen molar-refractivity contribution in [2.45, 2.75) is 13.8 Å². The summed E-state index contributed by atoms with van der Waals surface area (Å²) in [5, 5.41) is 14.6. The van der Waals surface area contributed by atoms with Gasteiger partial charge < -0.3 is 19.1 Å². The molecule has 0 radical (unpaired) electrons. The van der Waals surface area contributed by atoms with Crippen LogP contribution in [0.5, 0.6) is 11.5 Å². The minimum Gasteiger partial charge on any atom is -0.457 e. The van der Waals surface area contributed by atoms with E-state index in [-0.39, 0.29) is 5.69 Å². The summed E-state index contributed by atoms with van der Waals surface area (Å²) in [7, 11) is 0.558. The maximum absolute atomic E-state index is 11.0. The molecule has 0 aliphatic heterocycles. The highest BCUT2D eigenvalue weighted by Crippen LogP contribution is 2.33. The minimum absolute atomic E-state index is 0.0250. The molecule has 0 bridgehead atoms. The van der Waals surface area contributed by atoms with Gasteiger partial charge in [-0.15, -0.1) is 0 Å². The Morgan fingerprint density at radius 2 is 1.85 bits per heavy atom. The molecule has 10 heteroatoms. The normalized spacial score (nSPS) is 10.1. The molecule has 27 heavy (non-hydrogen) atoms. The smallest absolute Gasteiger partial charge is 0.318 e. The summed E-state index contributed by atoms with van der Waals surface area (Å²) in [6, 6.07) is 9.93. The molecule has 0 fully saturated rings. The molecule has 0 spiro atoms. The third-order valence-corrected chi connectivity index (χ3v) is 4.13. The number of ether oxygens (including phenoxy) is 1. The predicted molar refractivity (Wildman–Crippen MR) is 107 cm³/mol. The average Bonchev–Trinajstić information content (AvgIpc) is 2.64. The monoisotopic (exact) mass is 416 g/mol. The summed E-state index contributed by atoms with van der Waals surface area (Å²) < 4.78 is 24.1. The third-order valence-electron chi connectivity index (χ3n) is 3.23. The summed E-state index contributed by atoms with van der Waals surface area (Å²) >= 11 is 5.90. The highest BCUT2D eigenvalue weighted by molar-refractivity contribution is 7.33. The Morgan fingerprint density at radius 3 is 2.33 bits per heavy atom. The Bertz CT molecular complexity index is 797. The van der Waals surface area contributed by atoms with Crippen molar-refractivity contribution in [1.82, 2.24) is 0 Å². The average molecular weight is 417 g/mol. The van der Waals surface area contributed by atoms with Gasteiger partial charge in [0.05, 0.1) is 4.92 Å². The van der Waals surface area contributed by atoms with Gasteiger partial charge in [-0.05, 0) is 43.7 Å². The molecule has 8 nitrogen and oxygen atoms in total. The lowest BCUT2D eigenvalue weighted by Gasteiger charge is -2.11. The van der Waals surface area contributed by atoms with Crippen LogP contribution < -0.4 is 10.1 Å². The SMILES string of the molecule is CCNc1cc(Oc2ccc(Cl)cc2C)ccc1[N+](=O)[O-].CO[PH](=O)OC. The number of aryl methyl sites for hydroxylation is 1. The Kier molecular flexibility index (Phi) is 9.82. The zero-order valence-corrected chi connectivity index (χ0v) is 17.2. The molecule has 0 amide bonds. The second-order valence-electron chi connectivity index (χ2n) is 5.14. The lowest BCUT2D eigenvalue weighted by molar-refractivity contribution is -0.384. The second-order valence-corrected chi connectivity index (χ2v) is 6.89. The van der Waals surface area contributed by atoms with Crippen molar-refractivity contribution in [3.05, 3.63) is 57.1 Å². The van der Waals surface area contributed by atoms with Crippen LogP contribution in [-0.4, -0.2) is 25.7 Å². The lowest BCUT2D eigenvalue weighted by atomic mass is 10.2. The number of hydrogen-bond donors (Lipinski definition) is 1. The van der Waals surface area contributed by atoms with Crippen LogP contribution in [0.2, 0.25) is 5.02 Å². The number of nitro groups is 1. The predicted octanol–water partition coefficient (Wildman–Crippen LogP) is 5.45. The first-order chi connectivity index (χ1) is 12.8. The molecule has 148 valence electrons. The van der Waals surface area contributed by atoms with Crippen molar-refractivity contribution >= 4 is 31.2 Å². The standard InChI is InChI=1S/C15H15ClN2O3.C2H7O3P/c1-3-17-13-9-12(5-6-14(13)18(19)20)21-15-7-4-11(16)8-10(15)2;1-4-6(3)5-2/h4-9,17H,3H2,1-2H3;6H,1-2H3. The van der Waals surface area contributed by atoms with Gasteiger partial charge in [-0.3, -0.25) is 14.7 Å². The maximum Gasteiger partial charge on any atom is 0.318 e. The number of anilines is 1. The fourth-order valence-electron chi connectivity index (χ4n) is 2.01. The summed E-state index contributed by atoms with van der Waals surface area (Å²) in [4.78, 5) is 10.5.